The van der Waals surface area contributed by atoms with Gasteiger partial charge in [-0.25, -0.2) is 0 Å². The lowest BCUT2D eigenvalue weighted by Crippen LogP contribution is -2.35. The molecule has 1 aromatic rings. The molecular weight excluding hydrogens is 290 g/mol. The van der Waals surface area contributed by atoms with Crippen LogP contribution >= 0.6 is 0 Å². The summed E-state index contributed by atoms with van der Waals surface area (Å²) in [5.74, 6) is 2.28. The van der Waals surface area contributed by atoms with Crippen LogP contribution in [-0.4, -0.2) is 63.9 Å². The van der Waals surface area contributed by atoms with Crippen molar-refractivity contribution in [1.29, 1.82) is 0 Å². The van der Waals surface area contributed by atoms with Crippen molar-refractivity contribution in [3.63, 3.8) is 0 Å². The Morgan fingerprint density at radius 1 is 1.13 bits per heavy atom. The van der Waals surface area contributed by atoms with E-state index in [9.17, 15) is 4.79 Å². The molecule has 23 heavy (non-hydrogen) atoms. The van der Waals surface area contributed by atoms with E-state index in [0.717, 1.165) is 37.9 Å². The van der Waals surface area contributed by atoms with Crippen molar-refractivity contribution < 1.29 is 4.79 Å². The van der Waals surface area contributed by atoms with Gasteiger partial charge < -0.3 is 9.80 Å². The van der Waals surface area contributed by atoms with Gasteiger partial charge in [0.1, 0.15) is 0 Å². The van der Waals surface area contributed by atoms with E-state index in [1.54, 1.807) is 0 Å². The molecule has 0 spiro atoms. The summed E-state index contributed by atoms with van der Waals surface area (Å²) in [6, 6.07) is 0. The minimum Gasteiger partial charge on any atom is -0.337 e. The van der Waals surface area contributed by atoms with Crippen molar-refractivity contribution >= 4 is 5.91 Å². The summed E-state index contributed by atoms with van der Waals surface area (Å²) in [4.78, 5) is 17.0. The first kappa shape index (κ1) is 15.1. The molecule has 1 atom stereocenters. The summed E-state index contributed by atoms with van der Waals surface area (Å²) >= 11 is 0. The van der Waals surface area contributed by atoms with E-state index >= 15 is 0 Å². The average Bonchev–Trinajstić information content (AvgIpc) is 3.04. The number of carbonyl (C=O) groups is 1. The van der Waals surface area contributed by atoms with E-state index in [1.807, 2.05) is 15.8 Å². The second kappa shape index (κ2) is 6.23. The molecule has 0 bridgehead atoms. The van der Waals surface area contributed by atoms with E-state index in [4.69, 9.17) is 0 Å². The maximum atomic E-state index is 12.6. The first-order valence-electron chi connectivity index (χ1n) is 9.07. The van der Waals surface area contributed by atoms with Gasteiger partial charge in [0, 0.05) is 19.6 Å². The molecule has 2 aliphatic heterocycles. The van der Waals surface area contributed by atoms with E-state index in [0.29, 0.717) is 11.6 Å². The van der Waals surface area contributed by atoms with Crippen molar-refractivity contribution in [2.75, 3.05) is 33.2 Å². The van der Waals surface area contributed by atoms with Gasteiger partial charge in [-0.1, -0.05) is 5.21 Å². The Labute approximate surface area is 137 Å². The maximum absolute atomic E-state index is 12.6. The van der Waals surface area contributed by atoms with E-state index in [2.05, 4.69) is 22.3 Å². The minimum absolute atomic E-state index is 0.0717. The van der Waals surface area contributed by atoms with Gasteiger partial charge in [-0.05, 0) is 70.0 Å². The number of nitrogens with zero attached hydrogens (tertiary/aromatic N) is 5. The smallest absolute Gasteiger partial charge is 0.276 e. The largest absolute Gasteiger partial charge is 0.337 e. The Kier molecular flexibility index (Phi) is 4.09. The van der Waals surface area contributed by atoms with Crippen LogP contribution in [0.5, 0.6) is 0 Å². The zero-order valence-electron chi connectivity index (χ0n) is 14.0. The van der Waals surface area contributed by atoms with Crippen LogP contribution in [-0.2, 0) is 6.54 Å². The van der Waals surface area contributed by atoms with Gasteiger partial charge in [-0.2, -0.15) is 0 Å². The summed E-state index contributed by atoms with van der Waals surface area (Å²) < 4.78 is 1.84. The van der Waals surface area contributed by atoms with Gasteiger partial charge in [-0.3, -0.25) is 9.48 Å². The van der Waals surface area contributed by atoms with Crippen molar-refractivity contribution in [1.82, 2.24) is 24.8 Å². The zero-order chi connectivity index (χ0) is 15.8. The molecule has 6 nitrogen and oxygen atoms in total. The number of piperidine rings is 1. The van der Waals surface area contributed by atoms with E-state index in [1.165, 1.54) is 38.8 Å². The van der Waals surface area contributed by atoms with Gasteiger partial charge in [0.2, 0.25) is 0 Å². The van der Waals surface area contributed by atoms with E-state index in [-0.39, 0.29) is 5.91 Å². The molecule has 1 aromatic heterocycles. The number of aromatic nitrogens is 3. The molecule has 126 valence electrons. The highest BCUT2D eigenvalue weighted by molar-refractivity contribution is 5.92. The van der Waals surface area contributed by atoms with Crippen molar-refractivity contribution in [3.8, 4) is 0 Å². The Morgan fingerprint density at radius 2 is 1.87 bits per heavy atom. The summed E-state index contributed by atoms with van der Waals surface area (Å²) in [6.07, 6.45) is 8.11. The fourth-order valence-electron chi connectivity index (χ4n) is 4.07. The number of amides is 1. The van der Waals surface area contributed by atoms with Crippen LogP contribution in [0.4, 0.5) is 0 Å². The highest BCUT2D eigenvalue weighted by Gasteiger charge is 2.34. The SMILES string of the molecule is CN1CCC(C2CCN(C(=O)c3cn(CC4CC4)nn3)C2)CC1. The maximum Gasteiger partial charge on any atom is 0.276 e. The summed E-state index contributed by atoms with van der Waals surface area (Å²) in [5, 5.41) is 8.22. The minimum atomic E-state index is 0.0717. The first-order valence-corrected chi connectivity index (χ1v) is 9.07. The predicted octanol–water partition coefficient (Wildman–Crippen LogP) is 1.49. The zero-order valence-corrected chi connectivity index (χ0v) is 14.0. The lowest BCUT2D eigenvalue weighted by atomic mass is 9.84. The Bertz CT molecular complexity index is 559. The van der Waals surface area contributed by atoms with Crippen LogP contribution in [0, 0.1) is 17.8 Å². The molecule has 2 saturated heterocycles. The van der Waals surface area contributed by atoms with Gasteiger partial charge in [-0.15, -0.1) is 5.10 Å². The quantitative estimate of drug-likeness (QED) is 0.844. The number of rotatable bonds is 4. The Hall–Kier alpha value is -1.43. The van der Waals surface area contributed by atoms with Crippen LogP contribution in [0.3, 0.4) is 0 Å². The van der Waals surface area contributed by atoms with Gasteiger partial charge >= 0.3 is 0 Å². The second-order valence-corrected chi connectivity index (χ2v) is 7.71. The fourth-order valence-corrected chi connectivity index (χ4v) is 4.07. The first-order chi connectivity index (χ1) is 11.2. The van der Waals surface area contributed by atoms with Crippen molar-refractivity contribution in [2.24, 2.45) is 17.8 Å². The molecule has 6 heteroatoms. The topological polar surface area (TPSA) is 54.3 Å². The van der Waals surface area contributed by atoms with Crippen LogP contribution in [0.25, 0.3) is 0 Å². The van der Waals surface area contributed by atoms with Gasteiger partial charge in [0.15, 0.2) is 5.69 Å². The molecule has 3 fully saturated rings. The third kappa shape index (κ3) is 3.42. The standard InChI is InChI=1S/C17H27N5O/c1-20-7-4-14(5-8-20)15-6-9-21(11-15)17(23)16-12-22(19-18-16)10-13-2-3-13/h12-15H,2-11H2,1H3. The average molecular weight is 317 g/mol. The number of likely N-dealkylation sites (tertiary alicyclic amines) is 2. The lowest BCUT2D eigenvalue weighted by molar-refractivity contribution is 0.0770. The normalized spacial score (nSPS) is 26.8. The predicted molar refractivity (Wildman–Crippen MR) is 87.0 cm³/mol. The Morgan fingerprint density at radius 3 is 2.61 bits per heavy atom. The van der Waals surface area contributed by atoms with Crippen LogP contribution in [0.1, 0.15) is 42.6 Å². The van der Waals surface area contributed by atoms with E-state index < -0.39 is 0 Å². The number of hydrogen-bond acceptors (Lipinski definition) is 4. The highest BCUT2D eigenvalue weighted by atomic mass is 16.2. The fraction of sp³-hybridized carbons (Fsp3) is 0.824. The third-order valence-electron chi connectivity index (χ3n) is 5.84. The molecule has 3 aliphatic rings. The molecule has 1 unspecified atom stereocenters. The molecule has 0 radical (unpaired) electrons. The molecular formula is C17H27N5O. The summed E-state index contributed by atoms with van der Waals surface area (Å²) in [5.41, 5.74) is 0.523. The summed E-state index contributed by atoms with van der Waals surface area (Å²) in [6.45, 7) is 5.10. The van der Waals surface area contributed by atoms with Crippen LogP contribution < -0.4 is 0 Å². The molecule has 0 N–H and O–H groups in total. The molecule has 1 aliphatic carbocycles. The molecule has 4 rings (SSSR count). The molecule has 0 aromatic carbocycles. The van der Waals surface area contributed by atoms with Crippen LogP contribution in [0.2, 0.25) is 0 Å². The highest BCUT2D eigenvalue weighted by Crippen LogP contribution is 2.32. The molecule has 1 saturated carbocycles. The number of hydrogen-bond donors (Lipinski definition) is 0. The monoisotopic (exact) mass is 317 g/mol. The lowest BCUT2D eigenvalue weighted by Gasteiger charge is -2.32. The van der Waals surface area contributed by atoms with Gasteiger partial charge in [0.05, 0.1) is 6.20 Å². The molecule has 3 heterocycles. The number of carbonyl (C=O) groups excluding carboxylic acids is 1. The Balaban J connectivity index is 1.33. The second-order valence-electron chi connectivity index (χ2n) is 7.71. The van der Waals surface area contributed by atoms with Crippen molar-refractivity contribution in [2.45, 2.75) is 38.6 Å². The molecule has 1 amide bonds. The van der Waals surface area contributed by atoms with Crippen molar-refractivity contribution in [3.05, 3.63) is 11.9 Å². The summed E-state index contributed by atoms with van der Waals surface area (Å²) in [7, 11) is 2.20. The van der Waals surface area contributed by atoms with Gasteiger partial charge in [0.25, 0.3) is 5.91 Å². The van der Waals surface area contributed by atoms with Crippen LogP contribution in [0.15, 0.2) is 6.20 Å². The third-order valence-corrected chi connectivity index (χ3v) is 5.84.